The van der Waals surface area contributed by atoms with E-state index < -0.39 is 12.1 Å². The van der Waals surface area contributed by atoms with Crippen LogP contribution < -0.4 is 0 Å². The molecule has 5 nitrogen and oxygen atoms in total. The first-order valence-corrected chi connectivity index (χ1v) is 12.8. The fourth-order valence-corrected chi connectivity index (χ4v) is 5.89. The lowest BCUT2D eigenvalue weighted by Gasteiger charge is -2.21. The Morgan fingerprint density at radius 3 is 2.40 bits per heavy atom. The summed E-state index contributed by atoms with van der Waals surface area (Å²) >= 11 is 0. The fraction of sp³-hybridized carbons (Fsp3) is 0.433. The quantitative estimate of drug-likeness (QED) is 0.369. The number of rotatable bonds is 7. The second kappa shape index (κ2) is 10.6. The number of ether oxygens (including phenoxy) is 2. The molecule has 1 heterocycles. The molecular formula is C30H32O5. The highest BCUT2D eigenvalue weighted by molar-refractivity contribution is 5.91. The van der Waals surface area contributed by atoms with Gasteiger partial charge in [-0.25, -0.2) is 4.79 Å². The van der Waals surface area contributed by atoms with Gasteiger partial charge in [0.15, 0.2) is 5.78 Å². The van der Waals surface area contributed by atoms with Crippen molar-refractivity contribution in [3.63, 3.8) is 0 Å². The van der Waals surface area contributed by atoms with E-state index in [1.165, 1.54) is 19.3 Å². The highest BCUT2D eigenvalue weighted by Gasteiger charge is 2.50. The van der Waals surface area contributed by atoms with Crippen LogP contribution in [0, 0.1) is 17.8 Å². The largest absolute Gasteiger partial charge is 0.462 e. The van der Waals surface area contributed by atoms with Crippen molar-refractivity contribution >= 4 is 17.7 Å². The Balaban J connectivity index is 1.25. The van der Waals surface area contributed by atoms with Crippen molar-refractivity contribution in [3.05, 3.63) is 72.3 Å². The average Bonchev–Trinajstić information content (AvgIpc) is 3.39. The molecule has 182 valence electrons. The molecule has 0 spiro atoms. The summed E-state index contributed by atoms with van der Waals surface area (Å²) in [6, 6.07) is 17.4. The molecule has 0 aromatic heterocycles. The minimum atomic E-state index is -0.418. The van der Waals surface area contributed by atoms with Gasteiger partial charge in [-0.1, -0.05) is 80.6 Å². The number of hydrogen-bond acceptors (Lipinski definition) is 5. The van der Waals surface area contributed by atoms with Crippen LogP contribution in [0.15, 0.2) is 66.7 Å². The van der Waals surface area contributed by atoms with Crippen LogP contribution in [0.4, 0.5) is 0 Å². The Hall–Kier alpha value is -3.21. The van der Waals surface area contributed by atoms with Crippen molar-refractivity contribution in [3.8, 4) is 11.1 Å². The summed E-state index contributed by atoms with van der Waals surface area (Å²) < 4.78 is 11.4. The van der Waals surface area contributed by atoms with Crippen LogP contribution in [0.1, 0.15) is 61.7 Å². The van der Waals surface area contributed by atoms with Crippen LogP contribution in [0.2, 0.25) is 0 Å². The third-order valence-corrected chi connectivity index (χ3v) is 7.76. The van der Waals surface area contributed by atoms with E-state index in [4.69, 9.17) is 9.47 Å². The Labute approximate surface area is 206 Å². The molecule has 2 aromatic carbocycles. The van der Waals surface area contributed by atoms with E-state index in [0.29, 0.717) is 30.7 Å². The molecule has 0 amide bonds. The average molecular weight is 473 g/mol. The van der Waals surface area contributed by atoms with Gasteiger partial charge in [0.2, 0.25) is 0 Å². The van der Waals surface area contributed by atoms with Crippen LogP contribution in [-0.4, -0.2) is 29.9 Å². The van der Waals surface area contributed by atoms with Gasteiger partial charge < -0.3 is 9.47 Å². The zero-order valence-electron chi connectivity index (χ0n) is 19.9. The maximum Gasteiger partial charge on any atom is 0.338 e. The number of fused-ring (bicyclic) bond motifs is 1. The predicted octanol–water partition coefficient (Wildman–Crippen LogP) is 5.93. The smallest absolute Gasteiger partial charge is 0.338 e. The molecule has 0 N–H and O–H groups in total. The number of ketones is 1. The Morgan fingerprint density at radius 1 is 0.943 bits per heavy atom. The van der Waals surface area contributed by atoms with Gasteiger partial charge in [0, 0.05) is 24.7 Å². The Kier molecular flexibility index (Phi) is 7.12. The second-order valence-electron chi connectivity index (χ2n) is 10.1. The lowest BCUT2D eigenvalue weighted by atomic mass is 9.85. The van der Waals surface area contributed by atoms with Gasteiger partial charge in [-0.3, -0.25) is 9.59 Å². The summed E-state index contributed by atoms with van der Waals surface area (Å²) in [6.07, 6.45) is 10.1. The number of allylic oxidation sites excluding steroid dienone is 1. The van der Waals surface area contributed by atoms with E-state index in [9.17, 15) is 14.4 Å². The van der Waals surface area contributed by atoms with Gasteiger partial charge in [0.05, 0.1) is 12.0 Å². The third kappa shape index (κ3) is 5.55. The summed E-state index contributed by atoms with van der Waals surface area (Å²) in [6.45, 7) is 0. The highest BCUT2D eigenvalue weighted by Crippen LogP contribution is 2.43. The lowest BCUT2D eigenvalue weighted by molar-refractivity contribution is -0.141. The van der Waals surface area contributed by atoms with Crippen LogP contribution in [-0.2, 0) is 19.1 Å². The molecule has 1 aliphatic heterocycles. The monoisotopic (exact) mass is 472 g/mol. The van der Waals surface area contributed by atoms with E-state index in [0.717, 1.165) is 24.0 Å². The molecule has 5 heteroatoms. The molecule has 0 bridgehead atoms. The predicted molar refractivity (Wildman–Crippen MR) is 133 cm³/mol. The number of carbonyl (C=O) groups excluding carboxylic acids is 3. The molecule has 4 atom stereocenters. The number of esters is 2. The SMILES string of the molecule is O=C(/C=C/[C@@H]1[C@H]2CC(=O)O[C@H]2C[C@H]1OC(=O)c1ccc(-c2ccccc2)cc1)CC1CCCCC1. The van der Waals surface area contributed by atoms with Gasteiger partial charge in [-0.2, -0.15) is 0 Å². The third-order valence-electron chi connectivity index (χ3n) is 7.76. The second-order valence-corrected chi connectivity index (χ2v) is 10.1. The molecule has 1 saturated heterocycles. The van der Waals surface area contributed by atoms with E-state index in [2.05, 4.69) is 0 Å². The first kappa shape index (κ1) is 23.5. The summed E-state index contributed by atoms with van der Waals surface area (Å²) in [7, 11) is 0. The van der Waals surface area contributed by atoms with Gasteiger partial charge in [0.1, 0.15) is 12.2 Å². The molecular weight excluding hydrogens is 440 g/mol. The molecule has 5 rings (SSSR count). The standard InChI is InChI=1S/C30H32O5/c31-24(17-20-7-3-1-4-8-20)15-16-25-26-18-29(32)34-28(26)19-27(25)35-30(33)23-13-11-22(12-14-23)21-9-5-2-6-10-21/h2,5-6,9-16,20,25-28H,1,3-4,7-8,17-19H2/b16-15+/t25-,26-,27-,28+/m1/s1. The lowest BCUT2D eigenvalue weighted by Crippen LogP contribution is -2.25. The highest BCUT2D eigenvalue weighted by atomic mass is 16.6. The molecule has 0 unspecified atom stereocenters. The van der Waals surface area contributed by atoms with Crippen LogP contribution in [0.3, 0.4) is 0 Å². The van der Waals surface area contributed by atoms with Crippen molar-refractivity contribution in [1.82, 2.24) is 0 Å². The van der Waals surface area contributed by atoms with E-state index in [1.807, 2.05) is 48.5 Å². The Bertz CT molecular complexity index is 1080. The molecule has 3 fully saturated rings. The van der Waals surface area contributed by atoms with E-state index in [-0.39, 0.29) is 29.7 Å². The zero-order valence-corrected chi connectivity index (χ0v) is 19.9. The van der Waals surface area contributed by atoms with E-state index in [1.54, 1.807) is 18.2 Å². The Morgan fingerprint density at radius 2 is 1.66 bits per heavy atom. The van der Waals surface area contributed by atoms with Gasteiger partial charge in [0.25, 0.3) is 0 Å². The van der Waals surface area contributed by atoms with Crippen LogP contribution in [0.5, 0.6) is 0 Å². The maximum absolute atomic E-state index is 13.0. The summed E-state index contributed by atoms with van der Waals surface area (Å²) in [5, 5.41) is 0. The fourth-order valence-electron chi connectivity index (χ4n) is 5.89. The van der Waals surface area contributed by atoms with Crippen molar-refractivity contribution in [2.24, 2.45) is 17.8 Å². The van der Waals surface area contributed by atoms with Crippen molar-refractivity contribution in [1.29, 1.82) is 0 Å². The van der Waals surface area contributed by atoms with Crippen LogP contribution >= 0.6 is 0 Å². The zero-order chi connectivity index (χ0) is 24.2. The van der Waals surface area contributed by atoms with Gasteiger partial charge >= 0.3 is 11.9 Å². The summed E-state index contributed by atoms with van der Waals surface area (Å²) in [5.41, 5.74) is 2.59. The molecule has 2 aliphatic carbocycles. The normalized spacial score (nSPS) is 26.5. The summed E-state index contributed by atoms with van der Waals surface area (Å²) in [4.78, 5) is 37.5. The topological polar surface area (TPSA) is 69.7 Å². The van der Waals surface area contributed by atoms with Gasteiger partial charge in [-0.15, -0.1) is 0 Å². The van der Waals surface area contributed by atoms with Crippen molar-refractivity contribution in [2.45, 2.75) is 63.6 Å². The number of hydrogen-bond donors (Lipinski definition) is 0. The maximum atomic E-state index is 13.0. The van der Waals surface area contributed by atoms with Crippen molar-refractivity contribution < 1.29 is 23.9 Å². The summed E-state index contributed by atoms with van der Waals surface area (Å²) in [5.74, 6) is -0.275. The number of carbonyl (C=O) groups is 3. The first-order chi connectivity index (χ1) is 17.1. The van der Waals surface area contributed by atoms with Gasteiger partial charge in [-0.05, 0) is 35.3 Å². The molecule has 2 saturated carbocycles. The minimum absolute atomic E-state index is 0.0560. The number of benzene rings is 2. The molecule has 35 heavy (non-hydrogen) atoms. The first-order valence-electron chi connectivity index (χ1n) is 12.8. The van der Waals surface area contributed by atoms with E-state index >= 15 is 0 Å². The van der Waals surface area contributed by atoms with Crippen LogP contribution in [0.25, 0.3) is 11.1 Å². The molecule has 2 aromatic rings. The minimum Gasteiger partial charge on any atom is -0.462 e. The molecule has 3 aliphatic rings. The molecule has 0 radical (unpaired) electrons. The van der Waals surface area contributed by atoms with Crippen molar-refractivity contribution in [2.75, 3.05) is 0 Å².